The Morgan fingerprint density at radius 3 is 3.04 bits per heavy atom. The van der Waals surface area contributed by atoms with E-state index >= 15 is 0 Å². The Labute approximate surface area is 151 Å². The van der Waals surface area contributed by atoms with Crippen molar-refractivity contribution in [1.29, 1.82) is 0 Å². The minimum absolute atomic E-state index is 0.0992. The molecule has 0 radical (unpaired) electrons. The van der Waals surface area contributed by atoms with Crippen molar-refractivity contribution in [2.24, 2.45) is 0 Å². The van der Waals surface area contributed by atoms with Gasteiger partial charge in [-0.3, -0.25) is 5.10 Å². The minimum Gasteiger partial charge on any atom is -0.354 e. The van der Waals surface area contributed by atoms with Gasteiger partial charge in [-0.05, 0) is 12.1 Å². The van der Waals surface area contributed by atoms with Crippen molar-refractivity contribution < 1.29 is 4.52 Å². The Kier molecular flexibility index (Phi) is 3.63. The highest BCUT2D eigenvalue weighted by Crippen LogP contribution is 2.28. The number of nitrogens with one attached hydrogen (secondary N) is 2. The second kappa shape index (κ2) is 5.69. The molecule has 0 aliphatic heterocycles. The van der Waals surface area contributed by atoms with Gasteiger partial charge >= 0.3 is 0 Å². The van der Waals surface area contributed by atoms with Crippen LogP contribution in [0.2, 0.25) is 0 Å². The fraction of sp³-hybridized carbons (Fsp3) is 0.250. The maximum Gasteiger partial charge on any atom is 0.187 e. The topological polar surface area (TPSA) is 92.5 Å². The zero-order valence-electron chi connectivity index (χ0n) is 13.2. The molecule has 0 amide bonds. The number of aromatic nitrogens is 5. The molecule has 0 atom stereocenters. The predicted molar refractivity (Wildman–Crippen MR) is 101 cm³/mol. The largest absolute Gasteiger partial charge is 0.354 e. The molecule has 0 bridgehead atoms. The Bertz CT molecular complexity index is 1020. The summed E-state index contributed by atoms with van der Waals surface area (Å²) in [4.78, 5) is 8.72. The van der Waals surface area contributed by atoms with Gasteiger partial charge < -0.3 is 9.84 Å². The third-order valence-electron chi connectivity index (χ3n) is 3.57. The molecule has 4 rings (SSSR count). The zero-order chi connectivity index (χ0) is 16.7. The number of H-pyrrole nitrogens is 1. The highest BCUT2D eigenvalue weighted by Gasteiger charge is 2.20. The van der Waals surface area contributed by atoms with E-state index in [9.17, 15) is 0 Å². The Balaban J connectivity index is 1.66. The number of hydrogen-bond donors (Lipinski definition) is 2. The third-order valence-corrected chi connectivity index (χ3v) is 3.95. The highest BCUT2D eigenvalue weighted by molar-refractivity contribution is 14.1. The molecule has 0 fully saturated rings. The maximum absolute atomic E-state index is 5.45. The Morgan fingerprint density at radius 1 is 1.33 bits per heavy atom. The Morgan fingerprint density at radius 2 is 2.21 bits per heavy atom. The first-order valence-corrected chi connectivity index (χ1v) is 8.57. The van der Waals surface area contributed by atoms with Crippen LogP contribution in [0.5, 0.6) is 0 Å². The molecule has 8 heteroatoms. The first-order valence-electron chi connectivity index (χ1n) is 7.49. The normalized spacial score (nSPS) is 12.1. The molecule has 0 aliphatic rings. The van der Waals surface area contributed by atoms with Crippen LogP contribution >= 0.6 is 22.6 Å². The van der Waals surface area contributed by atoms with Crippen LogP contribution in [0.15, 0.2) is 35.1 Å². The van der Waals surface area contributed by atoms with Crippen molar-refractivity contribution in [3.05, 3.63) is 36.3 Å². The van der Waals surface area contributed by atoms with Crippen LogP contribution in [0, 0.1) is 0 Å². The molecule has 0 aliphatic carbocycles. The van der Waals surface area contributed by atoms with Crippen LogP contribution < -0.4 is 5.32 Å². The maximum atomic E-state index is 5.45. The van der Waals surface area contributed by atoms with E-state index in [1.807, 2.05) is 18.2 Å². The molecule has 0 spiro atoms. The van der Waals surface area contributed by atoms with E-state index in [1.54, 1.807) is 12.4 Å². The molecule has 0 unspecified atom stereocenters. The van der Waals surface area contributed by atoms with Crippen LogP contribution in [-0.4, -0.2) is 28.7 Å². The van der Waals surface area contributed by atoms with Gasteiger partial charge in [0.05, 0.1) is 17.3 Å². The summed E-state index contributed by atoms with van der Waals surface area (Å²) in [6, 6.07) is 5.72. The lowest BCUT2D eigenvalue weighted by molar-refractivity contribution is 0.443. The molecule has 0 saturated heterocycles. The monoisotopic (exact) mass is 434 g/mol. The number of nitrogens with zero attached hydrogens (tertiary/aromatic N) is 4. The number of halogens is 1. The summed E-state index contributed by atoms with van der Waals surface area (Å²) in [7, 11) is 0. The third kappa shape index (κ3) is 2.93. The van der Waals surface area contributed by atoms with Gasteiger partial charge in [0.15, 0.2) is 11.2 Å². The van der Waals surface area contributed by atoms with Gasteiger partial charge in [0, 0.05) is 22.1 Å². The number of pyridine rings is 2. The van der Waals surface area contributed by atoms with E-state index in [4.69, 9.17) is 4.52 Å². The molecule has 4 aromatic rings. The number of alkyl halides is 1. The average molecular weight is 434 g/mol. The number of aromatic amines is 1. The summed E-state index contributed by atoms with van der Waals surface area (Å²) < 4.78 is 5.55. The first kappa shape index (κ1) is 15.3. The second-order valence-electron chi connectivity index (χ2n) is 6.19. The van der Waals surface area contributed by atoms with Crippen molar-refractivity contribution in [2.75, 3.05) is 5.32 Å². The quantitative estimate of drug-likeness (QED) is 0.373. The summed E-state index contributed by atoms with van der Waals surface area (Å²) in [5.41, 5.74) is 3.82. The summed E-state index contributed by atoms with van der Waals surface area (Å²) in [6.45, 7) is 4.31. The van der Waals surface area contributed by atoms with E-state index in [0.29, 0.717) is 11.2 Å². The van der Waals surface area contributed by atoms with E-state index in [-0.39, 0.29) is 3.42 Å². The van der Waals surface area contributed by atoms with Gasteiger partial charge in [-0.25, -0.2) is 9.97 Å². The van der Waals surface area contributed by atoms with Crippen molar-refractivity contribution >= 4 is 56.2 Å². The van der Waals surface area contributed by atoms with Gasteiger partial charge in [0.25, 0.3) is 0 Å². The lowest BCUT2D eigenvalue weighted by Crippen LogP contribution is -2.13. The fourth-order valence-electron chi connectivity index (χ4n) is 2.55. The number of anilines is 2. The Hall–Kier alpha value is -2.23. The van der Waals surface area contributed by atoms with Gasteiger partial charge in [-0.15, -0.1) is 0 Å². The highest BCUT2D eigenvalue weighted by atomic mass is 127. The summed E-state index contributed by atoms with van der Waals surface area (Å²) in [5, 5.41) is 15.5. The molecule has 0 saturated carbocycles. The van der Waals surface area contributed by atoms with Gasteiger partial charge in [0.2, 0.25) is 0 Å². The first-order chi connectivity index (χ1) is 11.5. The SMILES string of the molecule is CC(C)(I)Cc1noc2cc(Nc3[nH]nc4ncccc34)cnc12. The fourth-order valence-corrected chi connectivity index (χ4v) is 2.91. The van der Waals surface area contributed by atoms with Gasteiger partial charge in [-0.2, -0.15) is 5.10 Å². The van der Waals surface area contributed by atoms with E-state index in [1.165, 1.54) is 0 Å². The molecule has 4 aromatic heterocycles. The summed E-state index contributed by atoms with van der Waals surface area (Å²) >= 11 is 2.40. The molecule has 24 heavy (non-hydrogen) atoms. The second-order valence-corrected chi connectivity index (χ2v) is 9.11. The lowest BCUT2D eigenvalue weighted by Gasteiger charge is -2.13. The molecule has 7 nitrogen and oxygen atoms in total. The van der Waals surface area contributed by atoms with Crippen LogP contribution in [0.4, 0.5) is 11.5 Å². The van der Waals surface area contributed by atoms with Crippen molar-refractivity contribution in [2.45, 2.75) is 23.7 Å². The van der Waals surface area contributed by atoms with E-state index < -0.39 is 0 Å². The van der Waals surface area contributed by atoms with Crippen molar-refractivity contribution in [3.8, 4) is 0 Å². The molecular weight excluding hydrogens is 419 g/mol. The standard InChI is InChI=1S/C16H15IN6O/c1-16(2,17)7-11-13-12(24-23-11)6-9(8-19-13)20-15-10-4-3-5-18-14(10)21-22-15/h3-6,8H,7H2,1-2H3,(H2,18,20,21,22). The predicted octanol–water partition coefficient (Wildman–Crippen LogP) is 3.99. The summed E-state index contributed by atoms with van der Waals surface area (Å²) in [5.74, 6) is 0.771. The number of rotatable bonds is 4. The van der Waals surface area contributed by atoms with Crippen LogP contribution in [0.25, 0.3) is 22.1 Å². The number of fused-ring (bicyclic) bond motifs is 2. The zero-order valence-corrected chi connectivity index (χ0v) is 15.3. The molecule has 122 valence electrons. The summed E-state index contributed by atoms with van der Waals surface area (Å²) in [6.07, 6.45) is 4.29. The van der Waals surface area contributed by atoms with Crippen LogP contribution in [-0.2, 0) is 6.42 Å². The van der Waals surface area contributed by atoms with Gasteiger partial charge in [-0.1, -0.05) is 41.6 Å². The van der Waals surface area contributed by atoms with Crippen LogP contribution in [0.1, 0.15) is 19.5 Å². The molecular formula is C16H15IN6O. The van der Waals surface area contributed by atoms with Crippen LogP contribution in [0.3, 0.4) is 0 Å². The number of hydrogen-bond acceptors (Lipinski definition) is 6. The van der Waals surface area contributed by atoms with Crippen molar-refractivity contribution in [1.82, 2.24) is 25.3 Å². The minimum atomic E-state index is 0.0992. The lowest BCUT2D eigenvalue weighted by atomic mass is 10.1. The molecule has 0 aromatic carbocycles. The van der Waals surface area contributed by atoms with Crippen molar-refractivity contribution in [3.63, 3.8) is 0 Å². The molecule has 4 heterocycles. The smallest absolute Gasteiger partial charge is 0.187 e. The van der Waals surface area contributed by atoms with Gasteiger partial charge in [0.1, 0.15) is 17.0 Å². The van der Waals surface area contributed by atoms with E-state index in [2.05, 4.69) is 67.1 Å². The average Bonchev–Trinajstić information content (AvgIpc) is 3.11. The van der Waals surface area contributed by atoms with E-state index in [0.717, 1.165) is 34.5 Å². The molecule has 2 N–H and O–H groups in total.